The Kier molecular flexibility index (Phi) is 7.04. The van der Waals surface area contributed by atoms with Gasteiger partial charge < -0.3 is 20.6 Å². The van der Waals surface area contributed by atoms with Crippen LogP contribution in [0.15, 0.2) is 72.9 Å². The van der Waals surface area contributed by atoms with E-state index in [4.69, 9.17) is 15.6 Å². The van der Waals surface area contributed by atoms with Gasteiger partial charge in [-0.15, -0.1) is 0 Å². The van der Waals surface area contributed by atoms with Crippen molar-refractivity contribution in [2.45, 2.75) is 31.7 Å². The van der Waals surface area contributed by atoms with E-state index in [1.807, 2.05) is 42.5 Å². The van der Waals surface area contributed by atoms with Crippen LogP contribution in [0.1, 0.15) is 30.3 Å². The lowest BCUT2D eigenvalue weighted by Crippen LogP contribution is -2.36. The predicted octanol–water partition coefficient (Wildman–Crippen LogP) is 6.13. The van der Waals surface area contributed by atoms with Crippen molar-refractivity contribution in [3.63, 3.8) is 0 Å². The van der Waals surface area contributed by atoms with E-state index < -0.39 is 41.2 Å². The van der Waals surface area contributed by atoms with Crippen molar-refractivity contribution in [3.8, 4) is 28.1 Å². The quantitative estimate of drug-likeness (QED) is 0.246. The molecule has 0 bridgehead atoms. The van der Waals surface area contributed by atoms with Crippen LogP contribution in [0.5, 0.6) is 5.75 Å². The number of benzene rings is 3. The van der Waals surface area contributed by atoms with E-state index in [0.29, 0.717) is 5.56 Å². The first-order valence-electron chi connectivity index (χ1n) is 11.2. The zero-order chi connectivity index (χ0) is 26.8. The largest absolute Gasteiger partial charge is 0.485 e. The number of H-pyrrole nitrogens is 1. The van der Waals surface area contributed by atoms with E-state index in [0.717, 1.165) is 23.3 Å². The highest BCUT2D eigenvalue weighted by Gasteiger charge is 2.37. The molecule has 6 nitrogen and oxygen atoms in total. The number of ether oxygens (including phenoxy) is 1. The van der Waals surface area contributed by atoms with Crippen LogP contribution in [0.25, 0.3) is 22.4 Å². The number of aliphatic carboxylic acids is 1. The lowest BCUT2D eigenvalue weighted by atomic mass is 9.99. The molecule has 4 rings (SSSR count). The minimum atomic E-state index is -4.90. The number of carboxylic acids is 1. The number of aromatic nitrogens is 2. The number of hydrogen-bond acceptors (Lipinski definition) is 4. The Morgan fingerprint density at radius 3 is 2.30 bits per heavy atom. The van der Waals surface area contributed by atoms with Crippen LogP contribution < -0.4 is 10.5 Å². The fraction of sp³-hybridized carbons (Fsp3) is 0.185. The Balaban J connectivity index is 1.59. The zero-order valence-corrected chi connectivity index (χ0v) is 19.6. The van der Waals surface area contributed by atoms with Crippen LogP contribution in [0.4, 0.5) is 17.6 Å². The summed E-state index contributed by atoms with van der Waals surface area (Å²) in [7, 11) is 0. The van der Waals surface area contributed by atoms with Crippen molar-refractivity contribution >= 4 is 5.97 Å². The fourth-order valence-corrected chi connectivity index (χ4v) is 3.84. The van der Waals surface area contributed by atoms with E-state index in [2.05, 4.69) is 9.97 Å². The third-order valence-electron chi connectivity index (χ3n) is 5.74. The van der Waals surface area contributed by atoms with Gasteiger partial charge in [0.25, 0.3) is 0 Å². The second kappa shape index (κ2) is 10.1. The molecule has 1 atom stereocenters. The van der Waals surface area contributed by atoms with Crippen LogP contribution in [0, 0.1) is 5.82 Å². The van der Waals surface area contributed by atoms with Gasteiger partial charge in [-0.1, -0.05) is 54.6 Å². The van der Waals surface area contributed by atoms with Crippen molar-refractivity contribution in [1.29, 1.82) is 0 Å². The summed E-state index contributed by atoms with van der Waals surface area (Å²) in [6, 6.07) is 18.2. The predicted molar refractivity (Wildman–Crippen MR) is 129 cm³/mol. The maximum absolute atomic E-state index is 15.0. The average Bonchev–Trinajstić information content (AvgIpc) is 3.34. The van der Waals surface area contributed by atoms with Crippen LogP contribution in [0.2, 0.25) is 0 Å². The van der Waals surface area contributed by atoms with E-state index in [1.54, 1.807) is 12.1 Å². The van der Waals surface area contributed by atoms with Crippen molar-refractivity contribution in [2.75, 3.05) is 0 Å². The normalized spacial score (nSPS) is 13.2. The van der Waals surface area contributed by atoms with Crippen molar-refractivity contribution < 1.29 is 32.2 Å². The molecular weight excluding hydrogens is 490 g/mol. The van der Waals surface area contributed by atoms with E-state index in [1.165, 1.54) is 13.1 Å². The molecule has 10 heteroatoms. The Morgan fingerprint density at radius 2 is 1.68 bits per heavy atom. The molecule has 192 valence electrons. The van der Waals surface area contributed by atoms with E-state index >= 15 is 0 Å². The first kappa shape index (κ1) is 25.9. The molecular formula is C27H23F4N3O3. The molecule has 37 heavy (non-hydrogen) atoms. The number of carbonyl (C=O) groups is 1. The minimum Gasteiger partial charge on any atom is -0.485 e. The summed E-state index contributed by atoms with van der Waals surface area (Å²) in [6.07, 6.45) is -4.20. The summed E-state index contributed by atoms with van der Waals surface area (Å²) in [5.74, 6) is -3.26. The average molecular weight is 513 g/mol. The number of imidazole rings is 1. The topological polar surface area (TPSA) is 101 Å². The number of aromatic amines is 1. The molecule has 0 fully saturated rings. The van der Waals surface area contributed by atoms with Crippen molar-refractivity contribution in [2.24, 2.45) is 5.73 Å². The minimum absolute atomic E-state index is 0.0399. The molecule has 0 saturated heterocycles. The first-order valence-corrected chi connectivity index (χ1v) is 11.2. The SMILES string of the molecule is C[C@](N)(CC(=O)O)c1ncc(-c2cc(F)c(OCc3ccc(-c4ccccc4)cc3)c(C(F)(F)F)c2)[nH]1. The Morgan fingerprint density at radius 1 is 1.03 bits per heavy atom. The molecule has 0 amide bonds. The van der Waals surface area contributed by atoms with Gasteiger partial charge >= 0.3 is 12.1 Å². The van der Waals surface area contributed by atoms with Crippen molar-refractivity contribution in [3.05, 3.63) is 95.7 Å². The molecule has 4 aromatic rings. The van der Waals surface area contributed by atoms with E-state index in [9.17, 15) is 22.4 Å². The Hall–Kier alpha value is -4.18. The number of nitrogens with zero attached hydrogens (tertiary/aromatic N) is 1. The number of nitrogens with one attached hydrogen (secondary N) is 1. The lowest BCUT2D eigenvalue weighted by Gasteiger charge is -2.19. The molecule has 0 unspecified atom stereocenters. The van der Waals surface area contributed by atoms with Gasteiger partial charge in [0.1, 0.15) is 18.0 Å². The summed E-state index contributed by atoms with van der Waals surface area (Å²) in [6.45, 7) is 1.14. The number of carboxylic acid groups (broad SMARTS) is 1. The van der Waals surface area contributed by atoms with Gasteiger partial charge in [-0.2, -0.15) is 13.2 Å². The highest BCUT2D eigenvalue weighted by Crippen LogP contribution is 2.41. The maximum atomic E-state index is 15.0. The molecule has 0 aliphatic rings. The molecule has 4 N–H and O–H groups in total. The number of rotatable bonds is 8. The molecule has 1 aromatic heterocycles. The highest BCUT2D eigenvalue weighted by atomic mass is 19.4. The van der Waals surface area contributed by atoms with Gasteiger partial charge in [0.2, 0.25) is 0 Å². The molecule has 0 saturated carbocycles. The fourth-order valence-electron chi connectivity index (χ4n) is 3.84. The van der Waals surface area contributed by atoms with Gasteiger partial charge in [0.15, 0.2) is 11.6 Å². The molecule has 0 aliphatic heterocycles. The summed E-state index contributed by atoms with van der Waals surface area (Å²) in [5, 5.41) is 9.02. The lowest BCUT2D eigenvalue weighted by molar-refractivity contribution is -0.139. The molecule has 3 aromatic carbocycles. The third-order valence-corrected chi connectivity index (χ3v) is 5.74. The van der Waals surface area contributed by atoms with Crippen molar-refractivity contribution in [1.82, 2.24) is 9.97 Å². The van der Waals surface area contributed by atoms with E-state index in [-0.39, 0.29) is 23.7 Å². The van der Waals surface area contributed by atoms with Gasteiger partial charge in [-0.05, 0) is 35.7 Å². The summed E-state index contributed by atoms with van der Waals surface area (Å²) in [5.41, 5.74) is 5.64. The second-order valence-electron chi connectivity index (χ2n) is 8.82. The summed E-state index contributed by atoms with van der Waals surface area (Å²) >= 11 is 0. The smallest absolute Gasteiger partial charge is 0.420 e. The summed E-state index contributed by atoms with van der Waals surface area (Å²) < 4.78 is 61.9. The van der Waals surface area contributed by atoms with Crippen LogP contribution >= 0.6 is 0 Å². The third kappa shape index (κ3) is 5.97. The van der Waals surface area contributed by atoms with Crippen LogP contribution in [-0.2, 0) is 23.1 Å². The molecule has 0 aliphatic carbocycles. The van der Waals surface area contributed by atoms with Gasteiger partial charge in [0.05, 0.1) is 23.9 Å². The van der Waals surface area contributed by atoms with Gasteiger partial charge in [-0.25, -0.2) is 9.37 Å². The first-order chi connectivity index (χ1) is 17.4. The van der Waals surface area contributed by atoms with Gasteiger partial charge in [-0.3, -0.25) is 4.79 Å². The zero-order valence-electron chi connectivity index (χ0n) is 19.6. The standard InChI is InChI=1S/C27H23F4N3O3/c1-26(32,13-23(35)36)25-33-14-22(34-25)19-11-20(27(29,30)31)24(21(28)12-19)37-15-16-7-9-18(10-8-16)17-5-3-2-4-6-17/h2-12,14H,13,15,32H2,1H3,(H,33,34)(H,35,36)/t26-/m0/s1. The van der Waals surface area contributed by atoms with Crippen LogP contribution in [0.3, 0.4) is 0 Å². The highest BCUT2D eigenvalue weighted by molar-refractivity contribution is 5.69. The number of nitrogens with two attached hydrogens (primary N) is 1. The molecule has 1 heterocycles. The monoisotopic (exact) mass is 513 g/mol. The second-order valence-corrected chi connectivity index (χ2v) is 8.82. The molecule has 0 radical (unpaired) electrons. The maximum Gasteiger partial charge on any atom is 0.420 e. The number of alkyl halides is 3. The molecule has 0 spiro atoms. The van der Waals surface area contributed by atoms with Gasteiger partial charge in [0, 0.05) is 5.56 Å². The Labute approximate surface area is 209 Å². The van der Waals surface area contributed by atoms with Crippen LogP contribution in [-0.4, -0.2) is 21.0 Å². The summed E-state index contributed by atoms with van der Waals surface area (Å²) in [4.78, 5) is 17.7. The number of hydrogen-bond donors (Lipinski definition) is 3. The Bertz CT molecular complexity index is 1400. The number of halogens is 4.